The third kappa shape index (κ3) is 6.31. The van der Waals surface area contributed by atoms with Crippen molar-refractivity contribution in [1.29, 1.82) is 0 Å². The standard InChI is InChI=1S/C27H35N3O3/c1-19(2)21(4)30(27(31)28-23-14-25(32-5)16-26(15-23)33-6)18-24-11-8-12-29(24)17-22-10-7-9-20(3)13-22/h7-16,19,21H,17-18H2,1-6H3,(H,28,31). The fraction of sp³-hybridized carbons (Fsp3) is 0.370. The zero-order chi connectivity index (χ0) is 24.0. The maximum absolute atomic E-state index is 13.4. The number of carbonyl (C=O) groups excluding carboxylic acids is 1. The van der Waals surface area contributed by atoms with Crippen LogP contribution in [-0.4, -0.2) is 35.8 Å². The van der Waals surface area contributed by atoms with Crippen LogP contribution < -0.4 is 14.8 Å². The molecule has 1 heterocycles. The van der Waals surface area contributed by atoms with Crippen LogP contribution in [0.2, 0.25) is 0 Å². The van der Waals surface area contributed by atoms with Crippen molar-refractivity contribution in [3.05, 3.63) is 77.6 Å². The third-order valence-electron chi connectivity index (χ3n) is 6.01. The number of aryl methyl sites for hydroxylation is 1. The SMILES string of the molecule is COc1cc(NC(=O)N(Cc2cccn2Cc2cccc(C)c2)C(C)C(C)C)cc(OC)c1. The highest BCUT2D eigenvalue weighted by Gasteiger charge is 2.24. The van der Waals surface area contributed by atoms with Gasteiger partial charge in [0.1, 0.15) is 11.5 Å². The molecule has 3 rings (SSSR count). The van der Waals surface area contributed by atoms with Crippen LogP contribution in [0, 0.1) is 12.8 Å². The summed E-state index contributed by atoms with van der Waals surface area (Å²) in [6.07, 6.45) is 2.07. The highest BCUT2D eigenvalue weighted by Crippen LogP contribution is 2.27. The molecular weight excluding hydrogens is 414 g/mol. The van der Waals surface area contributed by atoms with Crippen molar-refractivity contribution in [3.8, 4) is 11.5 Å². The molecule has 2 amide bonds. The number of carbonyl (C=O) groups is 1. The summed E-state index contributed by atoms with van der Waals surface area (Å²) in [5.74, 6) is 1.55. The molecule has 1 N–H and O–H groups in total. The average Bonchev–Trinajstić information content (AvgIpc) is 3.22. The molecule has 33 heavy (non-hydrogen) atoms. The molecule has 0 spiro atoms. The van der Waals surface area contributed by atoms with Gasteiger partial charge < -0.3 is 24.3 Å². The van der Waals surface area contributed by atoms with E-state index < -0.39 is 0 Å². The van der Waals surface area contributed by atoms with E-state index in [9.17, 15) is 4.79 Å². The highest BCUT2D eigenvalue weighted by atomic mass is 16.5. The summed E-state index contributed by atoms with van der Waals surface area (Å²) in [6, 6.07) is 17.9. The van der Waals surface area contributed by atoms with E-state index >= 15 is 0 Å². The molecule has 0 aliphatic carbocycles. The van der Waals surface area contributed by atoms with Crippen molar-refractivity contribution in [2.75, 3.05) is 19.5 Å². The number of hydrogen-bond acceptors (Lipinski definition) is 3. The molecule has 0 radical (unpaired) electrons. The first-order valence-corrected chi connectivity index (χ1v) is 11.3. The Kier molecular flexibility index (Phi) is 8.04. The lowest BCUT2D eigenvalue weighted by Gasteiger charge is -2.32. The zero-order valence-corrected chi connectivity index (χ0v) is 20.5. The second kappa shape index (κ2) is 10.9. The normalized spacial score (nSPS) is 11.8. The van der Waals surface area contributed by atoms with Gasteiger partial charge in [0.2, 0.25) is 0 Å². The number of aromatic nitrogens is 1. The van der Waals surface area contributed by atoms with E-state index in [-0.39, 0.29) is 12.1 Å². The van der Waals surface area contributed by atoms with Crippen LogP contribution in [0.25, 0.3) is 0 Å². The minimum absolute atomic E-state index is 0.0415. The lowest BCUT2D eigenvalue weighted by atomic mass is 10.0. The number of methoxy groups -OCH3 is 2. The van der Waals surface area contributed by atoms with E-state index in [0.717, 1.165) is 12.2 Å². The molecule has 1 atom stereocenters. The van der Waals surface area contributed by atoms with Crippen LogP contribution in [0.15, 0.2) is 60.8 Å². The first kappa shape index (κ1) is 24.2. The van der Waals surface area contributed by atoms with Gasteiger partial charge >= 0.3 is 6.03 Å². The monoisotopic (exact) mass is 449 g/mol. The first-order chi connectivity index (χ1) is 15.8. The van der Waals surface area contributed by atoms with Crippen molar-refractivity contribution in [2.24, 2.45) is 5.92 Å². The summed E-state index contributed by atoms with van der Waals surface area (Å²) in [5.41, 5.74) is 4.20. The van der Waals surface area contributed by atoms with Crippen LogP contribution in [-0.2, 0) is 13.1 Å². The number of amides is 2. The Bertz CT molecular complexity index is 1050. The largest absolute Gasteiger partial charge is 0.497 e. The molecule has 3 aromatic rings. The van der Waals surface area contributed by atoms with Gasteiger partial charge in [-0.15, -0.1) is 0 Å². The minimum Gasteiger partial charge on any atom is -0.497 e. The van der Waals surface area contributed by atoms with Gasteiger partial charge in [0.15, 0.2) is 0 Å². The van der Waals surface area contributed by atoms with Crippen molar-refractivity contribution >= 4 is 11.7 Å². The molecule has 0 aliphatic heterocycles. The molecular formula is C27H35N3O3. The highest BCUT2D eigenvalue weighted by molar-refractivity contribution is 5.90. The fourth-order valence-electron chi connectivity index (χ4n) is 3.76. The predicted molar refractivity (Wildman–Crippen MR) is 133 cm³/mol. The number of rotatable bonds is 9. The molecule has 2 aromatic carbocycles. The van der Waals surface area contributed by atoms with Gasteiger partial charge in [-0.25, -0.2) is 4.79 Å². The van der Waals surface area contributed by atoms with Crippen LogP contribution in [0.5, 0.6) is 11.5 Å². The number of nitrogens with zero attached hydrogens (tertiary/aromatic N) is 2. The van der Waals surface area contributed by atoms with E-state index in [2.05, 4.69) is 74.1 Å². The summed E-state index contributed by atoms with van der Waals surface area (Å²) in [6.45, 7) is 9.72. The summed E-state index contributed by atoms with van der Waals surface area (Å²) >= 11 is 0. The zero-order valence-electron chi connectivity index (χ0n) is 20.5. The lowest BCUT2D eigenvalue weighted by Crippen LogP contribution is -2.43. The van der Waals surface area contributed by atoms with Crippen molar-refractivity contribution in [3.63, 3.8) is 0 Å². The average molecular weight is 450 g/mol. The number of hydrogen-bond donors (Lipinski definition) is 1. The maximum Gasteiger partial charge on any atom is 0.322 e. The van der Waals surface area contributed by atoms with E-state index in [1.807, 2.05) is 11.0 Å². The van der Waals surface area contributed by atoms with Crippen molar-refractivity contribution in [1.82, 2.24) is 9.47 Å². The predicted octanol–water partition coefficient (Wildman–Crippen LogP) is 5.94. The van der Waals surface area contributed by atoms with Gasteiger partial charge in [-0.2, -0.15) is 0 Å². The molecule has 1 aromatic heterocycles. The van der Waals surface area contributed by atoms with Gasteiger partial charge in [0, 0.05) is 48.4 Å². The van der Waals surface area contributed by atoms with Crippen LogP contribution in [0.1, 0.15) is 37.6 Å². The van der Waals surface area contributed by atoms with Gasteiger partial charge in [-0.05, 0) is 37.5 Å². The molecule has 0 bridgehead atoms. The van der Waals surface area contributed by atoms with Crippen molar-refractivity contribution < 1.29 is 14.3 Å². The molecule has 0 fully saturated rings. The quantitative estimate of drug-likeness (QED) is 0.440. The number of benzene rings is 2. The van der Waals surface area contributed by atoms with Crippen molar-refractivity contribution in [2.45, 2.75) is 46.8 Å². The Hall–Kier alpha value is -3.41. The summed E-state index contributed by atoms with van der Waals surface area (Å²) in [4.78, 5) is 15.3. The second-order valence-electron chi connectivity index (χ2n) is 8.76. The number of anilines is 1. The van der Waals surface area contributed by atoms with Crippen LogP contribution >= 0.6 is 0 Å². The van der Waals surface area contributed by atoms with Gasteiger partial charge in [0.25, 0.3) is 0 Å². The van der Waals surface area contributed by atoms with Gasteiger partial charge in [-0.1, -0.05) is 43.7 Å². The Labute approximate surface area is 197 Å². The number of ether oxygens (including phenoxy) is 2. The minimum atomic E-state index is -0.158. The van der Waals surface area contributed by atoms with E-state index in [1.165, 1.54) is 11.1 Å². The molecule has 0 aliphatic rings. The third-order valence-corrected chi connectivity index (χ3v) is 6.01. The van der Waals surface area contributed by atoms with E-state index in [4.69, 9.17) is 9.47 Å². The Morgan fingerprint density at radius 2 is 1.70 bits per heavy atom. The Morgan fingerprint density at radius 3 is 2.30 bits per heavy atom. The topological polar surface area (TPSA) is 55.7 Å². The Balaban J connectivity index is 1.83. The number of nitrogens with one attached hydrogen (secondary N) is 1. The van der Waals surface area contributed by atoms with Crippen LogP contribution in [0.4, 0.5) is 10.5 Å². The Morgan fingerprint density at radius 1 is 1.00 bits per heavy atom. The second-order valence-corrected chi connectivity index (χ2v) is 8.76. The molecule has 0 saturated heterocycles. The molecule has 0 saturated carbocycles. The summed E-state index contributed by atoms with van der Waals surface area (Å²) in [7, 11) is 3.19. The maximum atomic E-state index is 13.4. The van der Waals surface area contributed by atoms with Gasteiger partial charge in [0.05, 0.1) is 20.8 Å². The molecule has 176 valence electrons. The fourth-order valence-corrected chi connectivity index (χ4v) is 3.76. The first-order valence-electron chi connectivity index (χ1n) is 11.3. The molecule has 1 unspecified atom stereocenters. The molecule has 6 heteroatoms. The number of urea groups is 1. The summed E-state index contributed by atoms with van der Waals surface area (Å²) < 4.78 is 12.9. The summed E-state index contributed by atoms with van der Waals surface area (Å²) in [5, 5.41) is 3.03. The van der Waals surface area contributed by atoms with Crippen LogP contribution in [0.3, 0.4) is 0 Å². The van der Waals surface area contributed by atoms with E-state index in [1.54, 1.807) is 32.4 Å². The van der Waals surface area contributed by atoms with E-state index in [0.29, 0.717) is 29.6 Å². The van der Waals surface area contributed by atoms with Gasteiger partial charge in [-0.3, -0.25) is 0 Å². The lowest BCUT2D eigenvalue weighted by molar-refractivity contribution is 0.168. The smallest absolute Gasteiger partial charge is 0.322 e. The molecule has 6 nitrogen and oxygen atoms in total.